The predicted octanol–water partition coefficient (Wildman–Crippen LogP) is 3.87. The zero-order valence-electron chi connectivity index (χ0n) is 14.4. The first-order chi connectivity index (χ1) is 12.7. The standard InChI is InChI=1S/C19H20N4OS2/c1-14-7-9-16(10-8-14)11-20-17(24)13-25-19-23-22-18(26-19)21-12-15-5-3-2-4-6-15/h2-10H,11-13H2,1H3,(H,20,24)(H,21,22). The van der Waals surface area contributed by atoms with Crippen LogP contribution in [0.15, 0.2) is 58.9 Å². The molecule has 3 rings (SSSR count). The fraction of sp³-hybridized carbons (Fsp3) is 0.211. The van der Waals surface area contributed by atoms with Crippen LogP contribution in [0.2, 0.25) is 0 Å². The molecule has 0 aliphatic rings. The number of amides is 1. The van der Waals surface area contributed by atoms with Crippen LogP contribution in [-0.2, 0) is 17.9 Å². The van der Waals surface area contributed by atoms with Crippen molar-refractivity contribution in [2.75, 3.05) is 11.1 Å². The van der Waals surface area contributed by atoms with Crippen LogP contribution in [0.1, 0.15) is 16.7 Å². The second-order valence-electron chi connectivity index (χ2n) is 5.76. The number of hydrogen-bond donors (Lipinski definition) is 2. The maximum atomic E-state index is 12.0. The van der Waals surface area contributed by atoms with Gasteiger partial charge in [0.2, 0.25) is 11.0 Å². The molecule has 7 heteroatoms. The third-order valence-corrected chi connectivity index (χ3v) is 5.64. The normalized spacial score (nSPS) is 10.5. The number of anilines is 1. The fourth-order valence-electron chi connectivity index (χ4n) is 2.20. The van der Waals surface area contributed by atoms with Crippen LogP contribution >= 0.6 is 23.1 Å². The van der Waals surface area contributed by atoms with Crippen molar-refractivity contribution >= 4 is 34.1 Å². The molecule has 3 aromatic rings. The number of aromatic nitrogens is 2. The maximum absolute atomic E-state index is 12.0. The van der Waals surface area contributed by atoms with Crippen molar-refractivity contribution in [1.82, 2.24) is 15.5 Å². The van der Waals surface area contributed by atoms with E-state index in [1.54, 1.807) is 0 Å². The molecule has 0 radical (unpaired) electrons. The number of nitrogens with zero attached hydrogens (tertiary/aromatic N) is 2. The third-order valence-electron chi connectivity index (χ3n) is 3.63. The SMILES string of the molecule is Cc1ccc(CNC(=O)CSc2nnc(NCc3ccccc3)s2)cc1. The van der Waals surface area contributed by atoms with Gasteiger partial charge in [-0.3, -0.25) is 4.79 Å². The number of nitrogens with one attached hydrogen (secondary N) is 2. The van der Waals surface area contributed by atoms with Crippen LogP contribution in [0.25, 0.3) is 0 Å². The Bertz CT molecular complexity index is 834. The molecular formula is C19H20N4OS2. The Morgan fingerprint density at radius 2 is 1.73 bits per heavy atom. The highest BCUT2D eigenvalue weighted by atomic mass is 32.2. The fourth-order valence-corrected chi connectivity index (χ4v) is 3.78. The molecule has 0 spiro atoms. The first-order valence-corrected chi connectivity index (χ1v) is 10.1. The molecule has 0 unspecified atom stereocenters. The van der Waals surface area contributed by atoms with E-state index >= 15 is 0 Å². The van der Waals surface area contributed by atoms with Gasteiger partial charge in [0, 0.05) is 13.1 Å². The van der Waals surface area contributed by atoms with Crippen molar-refractivity contribution in [3.63, 3.8) is 0 Å². The molecule has 0 fully saturated rings. The number of thioether (sulfide) groups is 1. The highest BCUT2D eigenvalue weighted by Crippen LogP contribution is 2.25. The molecule has 5 nitrogen and oxygen atoms in total. The highest BCUT2D eigenvalue weighted by molar-refractivity contribution is 8.01. The van der Waals surface area contributed by atoms with Crippen LogP contribution in [0.4, 0.5) is 5.13 Å². The van der Waals surface area contributed by atoms with E-state index < -0.39 is 0 Å². The summed E-state index contributed by atoms with van der Waals surface area (Å²) >= 11 is 2.86. The molecule has 134 valence electrons. The van der Waals surface area contributed by atoms with Gasteiger partial charge in [0.1, 0.15) is 0 Å². The van der Waals surface area contributed by atoms with Crippen molar-refractivity contribution in [3.05, 3.63) is 71.3 Å². The monoisotopic (exact) mass is 384 g/mol. The number of carbonyl (C=O) groups is 1. The summed E-state index contributed by atoms with van der Waals surface area (Å²) in [5.74, 6) is 0.323. The van der Waals surface area contributed by atoms with Gasteiger partial charge in [0.15, 0.2) is 4.34 Å². The lowest BCUT2D eigenvalue weighted by atomic mass is 10.1. The molecule has 0 bridgehead atoms. The Morgan fingerprint density at radius 1 is 1.00 bits per heavy atom. The summed E-state index contributed by atoms with van der Waals surface area (Å²) in [6, 6.07) is 18.3. The van der Waals surface area contributed by atoms with Gasteiger partial charge in [-0.1, -0.05) is 83.3 Å². The average Bonchev–Trinajstić information content (AvgIpc) is 3.13. The molecular weight excluding hydrogens is 364 g/mol. The summed E-state index contributed by atoms with van der Waals surface area (Å²) in [6.07, 6.45) is 0. The lowest BCUT2D eigenvalue weighted by Crippen LogP contribution is -2.24. The minimum Gasteiger partial charge on any atom is -0.356 e. The molecule has 26 heavy (non-hydrogen) atoms. The number of carbonyl (C=O) groups excluding carboxylic acids is 1. The predicted molar refractivity (Wildman–Crippen MR) is 107 cm³/mol. The molecule has 0 atom stereocenters. The zero-order valence-corrected chi connectivity index (χ0v) is 16.1. The zero-order chi connectivity index (χ0) is 18.2. The molecule has 0 saturated carbocycles. The molecule has 2 aromatic carbocycles. The number of hydrogen-bond acceptors (Lipinski definition) is 6. The number of benzene rings is 2. The Kier molecular flexibility index (Phi) is 6.62. The first kappa shape index (κ1) is 18.4. The van der Waals surface area contributed by atoms with Crippen molar-refractivity contribution < 1.29 is 4.79 Å². The lowest BCUT2D eigenvalue weighted by Gasteiger charge is -2.04. The Hall–Kier alpha value is -2.38. The van der Waals surface area contributed by atoms with E-state index in [-0.39, 0.29) is 5.91 Å². The minimum absolute atomic E-state index is 0.00966. The van der Waals surface area contributed by atoms with E-state index in [2.05, 4.69) is 33.0 Å². The average molecular weight is 385 g/mol. The van der Waals surface area contributed by atoms with Gasteiger partial charge in [-0.15, -0.1) is 10.2 Å². The smallest absolute Gasteiger partial charge is 0.230 e. The Labute approximate surface area is 161 Å². The van der Waals surface area contributed by atoms with Gasteiger partial charge < -0.3 is 10.6 Å². The molecule has 0 saturated heterocycles. The molecule has 0 aliphatic carbocycles. The van der Waals surface area contributed by atoms with Gasteiger partial charge in [-0.2, -0.15) is 0 Å². The second kappa shape index (κ2) is 9.35. The van der Waals surface area contributed by atoms with E-state index in [0.29, 0.717) is 18.8 Å². The summed E-state index contributed by atoms with van der Waals surface area (Å²) in [7, 11) is 0. The van der Waals surface area contributed by atoms with Crippen LogP contribution in [0, 0.1) is 6.92 Å². The summed E-state index contributed by atoms with van der Waals surface area (Å²) in [5.41, 5.74) is 3.49. The van der Waals surface area contributed by atoms with Crippen molar-refractivity contribution in [2.45, 2.75) is 24.4 Å². The largest absolute Gasteiger partial charge is 0.356 e. The quantitative estimate of drug-likeness (QED) is 0.577. The topological polar surface area (TPSA) is 66.9 Å². The van der Waals surface area contributed by atoms with Gasteiger partial charge >= 0.3 is 0 Å². The maximum Gasteiger partial charge on any atom is 0.230 e. The highest BCUT2D eigenvalue weighted by Gasteiger charge is 2.08. The van der Waals surface area contributed by atoms with Gasteiger partial charge in [0.25, 0.3) is 0 Å². The molecule has 1 amide bonds. The summed E-state index contributed by atoms with van der Waals surface area (Å²) in [4.78, 5) is 12.0. The number of rotatable bonds is 8. The molecule has 1 aromatic heterocycles. The van der Waals surface area contributed by atoms with Crippen LogP contribution < -0.4 is 10.6 Å². The van der Waals surface area contributed by atoms with E-state index in [1.807, 2.05) is 49.4 Å². The van der Waals surface area contributed by atoms with E-state index in [0.717, 1.165) is 15.0 Å². The van der Waals surface area contributed by atoms with Crippen molar-refractivity contribution in [3.8, 4) is 0 Å². The third kappa shape index (κ3) is 5.86. The van der Waals surface area contributed by atoms with E-state index in [9.17, 15) is 4.79 Å². The van der Waals surface area contributed by atoms with Crippen molar-refractivity contribution in [2.24, 2.45) is 0 Å². The first-order valence-electron chi connectivity index (χ1n) is 8.25. The van der Waals surface area contributed by atoms with Crippen LogP contribution in [-0.4, -0.2) is 21.9 Å². The Balaban J connectivity index is 1.39. The summed E-state index contributed by atoms with van der Waals surface area (Å²) in [5, 5.41) is 15.2. The van der Waals surface area contributed by atoms with Crippen molar-refractivity contribution in [1.29, 1.82) is 0 Å². The van der Waals surface area contributed by atoms with Gasteiger partial charge in [-0.25, -0.2) is 0 Å². The van der Waals surface area contributed by atoms with Gasteiger partial charge in [0.05, 0.1) is 5.75 Å². The molecule has 0 aliphatic heterocycles. The van der Waals surface area contributed by atoms with Crippen LogP contribution in [0.3, 0.4) is 0 Å². The minimum atomic E-state index is -0.00966. The summed E-state index contributed by atoms with van der Waals surface area (Å²) in [6.45, 7) is 3.29. The summed E-state index contributed by atoms with van der Waals surface area (Å²) < 4.78 is 0.783. The van der Waals surface area contributed by atoms with Gasteiger partial charge in [-0.05, 0) is 18.1 Å². The van der Waals surface area contributed by atoms with E-state index in [1.165, 1.54) is 34.2 Å². The number of aryl methyl sites for hydroxylation is 1. The molecule has 1 heterocycles. The van der Waals surface area contributed by atoms with Crippen LogP contribution in [0.5, 0.6) is 0 Å². The molecule has 2 N–H and O–H groups in total. The second-order valence-corrected chi connectivity index (χ2v) is 7.96. The van der Waals surface area contributed by atoms with E-state index in [4.69, 9.17) is 0 Å². The lowest BCUT2D eigenvalue weighted by molar-refractivity contribution is -0.118. The Morgan fingerprint density at radius 3 is 2.50 bits per heavy atom.